The Morgan fingerprint density at radius 2 is 2.54 bits per heavy atom. The van der Waals surface area contributed by atoms with Gasteiger partial charge in [0.1, 0.15) is 0 Å². The number of carbonyl (C=O) groups is 1. The molecular formula is C8H11ClN2O2. The molecule has 4 nitrogen and oxygen atoms in total. The molecule has 0 fully saturated rings. The third-order valence-electron chi connectivity index (χ3n) is 1.43. The highest BCUT2D eigenvalue weighted by Crippen LogP contribution is 2.08. The van der Waals surface area contributed by atoms with Gasteiger partial charge in [0.05, 0.1) is 5.69 Å². The Labute approximate surface area is 81.2 Å². The van der Waals surface area contributed by atoms with Gasteiger partial charge in [-0.1, -0.05) is 5.16 Å². The van der Waals surface area contributed by atoms with Crippen LogP contribution in [0.15, 0.2) is 10.6 Å². The van der Waals surface area contributed by atoms with Crippen molar-refractivity contribution in [1.29, 1.82) is 0 Å². The Balaban J connectivity index is 2.36. The fourth-order valence-corrected chi connectivity index (χ4v) is 0.983. The quantitative estimate of drug-likeness (QED) is 0.760. The summed E-state index contributed by atoms with van der Waals surface area (Å²) < 4.78 is 4.80. The molecule has 0 aliphatic carbocycles. The largest absolute Gasteiger partial charge is 0.338 e. The standard InChI is InChI=1S/C8H11ClN2O2/c1-6-5-8(13-11-6)10-7(12)3-2-4-9/h5H,2-4H2,1H3,(H,10,12). The summed E-state index contributed by atoms with van der Waals surface area (Å²) in [5.41, 5.74) is 0.743. The van der Waals surface area contributed by atoms with E-state index in [1.807, 2.05) is 0 Å². The SMILES string of the molecule is Cc1cc(NC(=O)CCCCl)on1. The molecule has 0 saturated carbocycles. The van der Waals surface area contributed by atoms with Crippen LogP contribution in [0.4, 0.5) is 5.88 Å². The van der Waals surface area contributed by atoms with Gasteiger partial charge in [0.25, 0.3) is 0 Å². The molecule has 1 heterocycles. The van der Waals surface area contributed by atoms with Gasteiger partial charge in [-0.2, -0.15) is 0 Å². The highest BCUT2D eigenvalue weighted by molar-refractivity contribution is 6.18. The molecule has 1 aromatic heterocycles. The minimum Gasteiger partial charge on any atom is -0.338 e. The minimum atomic E-state index is -0.100. The third-order valence-corrected chi connectivity index (χ3v) is 1.70. The first-order chi connectivity index (χ1) is 6.22. The van der Waals surface area contributed by atoms with Crippen LogP contribution in [0.1, 0.15) is 18.5 Å². The number of nitrogens with one attached hydrogen (secondary N) is 1. The van der Waals surface area contributed by atoms with E-state index in [0.717, 1.165) is 5.69 Å². The highest BCUT2D eigenvalue weighted by atomic mass is 35.5. The predicted molar refractivity (Wildman–Crippen MR) is 49.8 cm³/mol. The summed E-state index contributed by atoms with van der Waals surface area (Å²) in [6.45, 7) is 1.79. The monoisotopic (exact) mass is 202 g/mol. The Hall–Kier alpha value is -1.03. The molecule has 0 aliphatic rings. The third kappa shape index (κ3) is 3.46. The van der Waals surface area contributed by atoms with Crippen LogP contribution in [0.5, 0.6) is 0 Å². The van der Waals surface area contributed by atoms with Crippen molar-refractivity contribution in [2.24, 2.45) is 0 Å². The molecule has 1 rings (SSSR count). The number of aryl methyl sites for hydroxylation is 1. The molecule has 72 valence electrons. The van der Waals surface area contributed by atoms with Gasteiger partial charge in [-0.05, 0) is 13.3 Å². The molecule has 0 saturated heterocycles. The van der Waals surface area contributed by atoms with E-state index in [1.165, 1.54) is 0 Å². The van der Waals surface area contributed by atoms with Crippen LogP contribution in [0.2, 0.25) is 0 Å². The van der Waals surface area contributed by atoms with E-state index in [-0.39, 0.29) is 5.91 Å². The van der Waals surface area contributed by atoms with Gasteiger partial charge in [-0.15, -0.1) is 11.6 Å². The van der Waals surface area contributed by atoms with E-state index >= 15 is 0 Å². The summed E-state index contributed by atoms with van der Waals surface area (Å²) in [5.74, 6) is 0.775. The number of nitrogens with zero attached hydrogens (tertiary/aromatic N) is 1. The molecule has 0 radical (unpaired) electrons. The number of aromatic nitrogens is 1. The molecule has 0 aromatic carbocycles. The maximum atomic E-state index is 11.1. The Bertz CT molecular complexity index is 285. The maximum absolute atomic E-state index is 11.1. The molecule has 1 amide bonds. The minimum absolute atomic E-state index is 0.100. The normalized spacial score (nSPS) is 10.0. The molecule has 0 spiro atoms. The second-order valence-corrected chi connectivity index (χ2v) is 3.05. The van der Waals surface area contributed by atoms with Crippen molar-refractivity contribution in [3.8, 4) is 0 Å². The van der Waals surface area contributed by atoms with Crippen LogP contribution in [0.3, 0.4) is 0 Å². The van der Waals surface area contributed by atoms with E-state index in [1.54, 1.807) is 13.0 Å². The molecule has 0 unspecified atom stereocenters. The smallest absolute Gasteiger partial charge is 0.231 e. The van der Waals surface area contributed by atoms with Gasteiger partial charge in [-0.25, -0.2) is 0 Å². The summed E-state index contributed by atoms with van der Waals surface area (Å²) >= 11 is 5.44. The summed E-state index contributed by atoms with van der Waals surface area (Å²) in [4.78, 5) is 11.1. The Kier molecular flexibility index (Phi) is 3.76. The van der Waals surface area contributed by atoms with Crippen LogP contribution < -0.4 is 5.32 Å². The first-order valence-corrected chi connectivity index (χ1v) is 4.55. The van der Waals surface area contributed by atoms with E-state index in [4.69, 9.17) is 16.1 Å². The van der Waals surface area contributed by atoms with Gasteiger partial charge in [0, 0.05) is 18.4 Å². The Morgan fingerprint density at radius 1 is 1.77 bits per heavy atom. The summed E-state index contributed by atoms with van der Waals surface area (Å²) in [6.07, 6.45) is 1.07. The lowest BCUT2D eigenvalue weighted by molar-refractivity contribution is -0.116. The van der Waals surface area contributed by atoms with Gasteiger partial charge >= 0.3 is 0 Å². The number of anilines is 1. The average molecular weight is 203 g/mol. The van der Waals surface area contributed by atoms with Crippen molar-refractivity contribution >= 4 is 23.4 Å². The van der Waals surface area contributed by atoms with E-state index < -0.39 is 0 Å². The number of carbonyl (C=O) groups excluding carboxylic acids is 1. The number of amides is 1. The molecule has 0 bridgehead atoms. The highest BCUT2D eigenvalue weighted by Gasteiger charge is 2.05. The predicted octanol–water partition coefficient (Wildman–Crippen LogP) is 1.94. The van der Waals surface area contributed by atoms with Crippen molar-refractivity contribution in [2.45, 2.75) is 19.8 Å². The number of alkyl halides is 1. The zero-order valence-electron chi connectivity index (χ0n) is 7.34. The van der Waals surface area contributed by atoms with Crippen LogP contribution >= 0.6 is 11.6 Å². The average Bonchev–Trinajstić information content (AvgIpc) is 2.48. The van der Waals surface area contributed by atoms with Crippen LogP contribution in [-0.4, -0.2) is 16.9 Å². The van der Waals surface area contributed by atoms with Crippen molar-refractivity contribution in [1.82, 2.24) is 5.16 Å². The molecular weight excluding hydrogens is 192 g/mol. The van der Waals surface area contributed by atoms with Gasteiger partial charge in [0.2, 0.25) is 11.8 Å². The second kappa shape index (κ2) is 4.87. The van der Waals surface area contributed by atoms with Crippen molar-refractivity contribution in [2.75, 3.05) is 11.2 Å². The van der Waals surface area contributed by atoms with Gasteiger partial charge in [0.15, 0.2) is 0 Å². The molecule has 1 aromatic rings. The number of rotatable bonds is 4. The first-order valence-electron chi connectivity index (χ1n) is 4.01. The maximum Gasteiger partial charge on any atom is 0.231 e. The number of hydrogen-bond donors (Lipinski definition) is 1. The fraction of sp³-hybridized carbons (Fsp3) is 0.500. The van der Waals surface area contributed by atoms with E-state index in [0.29, 0.717) is 24.6 Å². The lowest BCUT2D eigenvalue weighted by Crippen LogP contribution is -2.10. The summed E-state index contributed by atoms with van der Waals surface area (Å²) in [7, 11) is 0. The van der Waals surface area contributed by atoms with Crippen LogP contribution in [0, 0.1) is 6.92 Å². The van der Waals surface area contributed by atoms with E-state index in [9.17, 15) is 4.79 Å². The fourth-order valence-electron chi connectivity index (χ4n) is 0.850. The van der Waals surface area contributed by atoms with Crippen LogP contribution in [-0.2, 0) is 4.79 Å². The van der Waals surface area contributed by atoms with Crippen molar-refractivity contribution in [3.63, 3.8) is 0 Å². The number of hydrogen-bond acceptors (Lipinski definition) is 3. The van der Waals surface area contributed by atoms with E-state index in [2.05, 4.69) is 10.5 Å². The topological polar surface area (TPSA) is 55.1 Å². The molecule has 0 atom stereocenters. The summed E-state index contributed by atoms with van der Waals surface area (Å²) in [5, 5.41) is 6.20. The zero-order valence-corrected chi connectivity index (χ0v) is 8.10. The Morgan fingerprint density at radius 3 is 3.08 bits per heavy atom. The van der Waals surface area contributed by atoms with Crippen molar-refractivity contribution in [3.05, 3.63) is 11.8 Å². The zero-order chi connectivity index (χ0) is 9.68. The summed E-state index contributed by atoms with van der Waals surface area (Å²) in [6, 6.07) is 1.67. The molecule has 13 heavy (non-hydrogen) atoms. The lowest BCUT2D eigenvalue weighted by Gasteiger charge is -1.97. The lowest BCUT2D eigenvalue weighted by atomic mass is 10.3. The number of halogens is 1. The first kappa shape index (κ1) is 10.1. The second-order valence-electron chi connectivity index (χ2n) is 2.67. The molecule has 0 aliphatic heterocycles. The van der Waals surface area contributed by atoms with Gasteiger partial charge < -0.3 is 4.52 Å². The molecule has 1 N–H and O–H groups in total. The molecule has 5 heteroatoms. The van der Waals surface area contributed by atoms with Crippen LogP contribution in [0.25, 0.3) is 0 Å². The van der Waals surface area contributed by atoms with Crippen molar-refractivity contribution < 1.29 is 9.32 Å². The van der Waals surface area contributed by atoms with Gasteiger partial charge in [-0.3, -0.25) is 10.1 Å².